The average Bonchev–Trinajstić information content (AvgIpc) is 2.53. The first-order valence-corrected chi connectivity index (χ1v) is 8.03. The van der Waals surface area contributed by atoms with E-state index in [2.05, 4.69) is 11.4 Å². The summed E-state index contributed by atoms with van der Waals surface area (Å²) in [4.78, 5) is 1.19. The van der Waals surface area contributed by atoms with Gasteiger partial charge in [0.1, 0.15) is 11.6 Å². The molecule has 110 valence electrons. The molecule has 1 unspecified atom stereocenters. The molecule has 0 radical (unpaired) electrons. The third-order valence-corrected chi connectivity index (χ3v) is 4.82. The zero-order chi connectivity index (χ0) is 14.7. The van der Waals surface area contributed by atoms with Crippen LogP contribution < -0.4 is 10.1 Å². The molecule has 2 aromatic rings. The standard InChI is InChI=1S/C17H18FNOS/c1-20-14-4-2-3-12(9-14)11-19-16-7-8-21-17-6-5-13(18)10-15(16)17/h2-6,9-10,16,19H,7-8,11H2,1H3. The van der Waals surface area contributed by atoms with Gasteiger partial charge >= 0.3 is 0 Å². The molecule has 1 N–H and O–H groups in total. The predicted molar refractivity (Wildman–Crippen MR) is 84.3 cm³/mol. The van der Waals surface area contributed by atoms with Crippen LogP contribution in [0.4, 0.5) is 4.39 Å². The molecule has 2 nitrogen and oxygen atoms in total. The first kappa shape index (κ1) is 14.4. The Bertz CT molecular complexity index is 632. The molecule has 4 heteroatoms. The summed E-state index contributed by atoms with van der Waals surface area (Å²) in [5.74, 6) is 1.76. The number of rotatable bonds is 4. The van der Waals surface area contributed by atoms with Gasteiger partial charge in [0.25, 0.3) is 0 Å². The highest BCUT2D eigenvalue weighted by Gasteiger charge is 2.20. The fourth-order valence-electron chi connectivity index (χ4n) is 2.60. The Morgan fingerprint density at radius 1 is 1.29 bits per heavy atom. The molecule has 0 amide bonds. The van der Waals surface area contributed by atoms with Crippen molar-refractivity contribution in [1.29, 1.82) is 0 Å². The van der Waals surface area contributed by atoms with Crippen LogP contribution in [0.2, 0.25) is 0 Å². The van der Waals surface area contributed by atoms with E-state index >= 15 is 0 Å². The van der Waals surface area contributed by atoms with Crippen molar-refractivity contribution in [3.8, 4) is 5.75 Å². The molecule has 0 fully saturated rings. The molecular weight excluding hydrogens is 285 g/mol. The fraction of sp³-hybridized carbons (Fsp3) is 0.294. The van der Waals surface area contributed by atoms with Gasteiger partial charge in [-0.25, -0.2) is 4.39 Å². The Hall–Kier alpha value is -1.52. The third kappa shape index (κ3) is 3.39. The van der Waals surface area contributed by atoms with Crippen molar-refractivity contribution in [3.63, 3.8) is 0 Å². The van der Waals surface area contributed by atoms with Crippen LogP contribution in [0.1, 0.15) is 23.6 Å². The molecule has 0 aliphatic carbocycles. The minimum absolute atomic E-state index is 0.163. The summed E-state index contributed by atoms with van der Waals surface area (Å²) in [7, 11) is 1.67. The summed E-state index contributed by atoms with van der Waals surface area (Å²) in [6, 6.07) is 13.3. The summed E-state index contributed by atoms with van der Waals surface area (Å²) >= 11 is 1.80. The Balaban J connectivity index is 1.73. The summed E-state index contributed by atoms with van der Waals surface area (Å²) in [5.41, 5.74) is 2.25. The first-order chi connectivity index (χ1) is 10.3. The Morgan fingerprint density at radius 3 is 3.05 bits per heavy atom. The highest BCUT2D eigenvalue weighted by Crippen LogP contribution is 2.36. The predicted octanol–water partition coefficient (Wildman–Crippen LogP) is 4.16. The second kappa shape index (κ2) is 6.50. The second-order valence-corrected chi connectivity index (χ2v) is 6.24. The molecule has 1 aliphatic rings. The largest absolute Gasteiger partial charge is 0.497 e. The Morgan fingerprint density at radius 2 is 2.19 bits per heavy atom. The van der Waals surface area contributed by atoms with E-state index in [1.54, 1.807) is 24.9 Å². The minimum atomic E-state index is -0.163. The lowest BCUT2D eigenvalue weighted by Gasteiger charge is -2.26. The van der Waals surface area contributed by atoms with Gasteiger partial charge in [-0.3, -0.25) is 0 Å². The molecule has 0 bridgehead atoms. The van der Waals surface area contributed by atoms with Crippen LogP contribution in [0.25, 0.3) is 0 Å². The minimum Gasteiger partial charge on any atom is -0.497 e. The van der Waals surface area contributed by atoms with Crippen LogP contribution in [0.15, 0.2) is 47.4 Å². The molecule has 0 saturated heterocycles. The van der Waals surface area contributed by atoms with Crippen molar-refractivity contribution in [2.75, 3.05) is 12.9 Å². The lowest BCUT2D eigenvalue weighted by molar-refractivity contribution is 0.413. The van der Waals surface area contributed by atoms with Crippen LogP contribution in [0.5, 0.6) is 5.75 Å². The van der Waals surface area contributed by atoms with Gasteiger partial charge in [-0.05, 0) is 53.6 Å². The Labute approximate surface area is 128 Å². The van der Waals surface area contributed by atoms with E-state index < -0.39 is 0 Å². The highest BCUT2D eigenvalue weighted by atomic mass is 32.2. The van der Waals surface area contributed by atoms with Crippen LogP contribution in [0.3, 0.4) is 0 Å². The van der Waals surface area contributed by atoms with E-state index in [9.17, 15) is 4.39 Å². The van der Waals surface area contributed by atoms with E-state index in [0.717, 1.165) is 30.0 Å². The number of methoxy groups -OCH3 is 1. The molecule has 0 saturated carbocycles. The molecular formula is C17H18FNOS. The number of fused-ring (bicyclic) bond motifs is 1. The van der Waals surface area contributed by atoms with Crippen molar-refractivity contribution in [2.45, 2.75) is 23.9 Å². The summed E-state index contributed by atoms with van der Waals surface area (Å²) in [6.07, 6.45) is 1.02. The van der Waals surface area contributed by atoms with E-state index in [0.29, 0.717) is 0 Å². The number of halogens is 1. The molecule has 21 heavy (non-hydrogen) atoms. The van der Waals surface area contributed by atoms with Crippen molar-refractivity contribution in [2.24, 2.45) is 0 Å². The second-order valence-electron chi connectivity index (χ2n) is 5.10. The van der Waals surface area contributed by atoms with Crippen molar-refractivity contribution < 1.29 is 9.13 Å². The number of thioether (sulfide) groups is 1. The third-order valence-electron chi connectivity index (χ3n) is 3.70. The maximum atomic E-state index is 13.5. The van der Waals surface area contributed by atoms with E-state index in [1.165, 1.54) is 16.5 Å². The quantitative estimate of drug-likeness (QED) is 0.916. The lowest BCUT2D eigenvalue weighted by atomic mass is 10.0. The number of ether oxygens (including phenoxy) is 1. The van der Waals surface area contributed by atoms with Gasteiger partial charge in [0, 0.05) is 17.5 Å². The van der Waals surface area contributed by atoms with Crippen LogP contribution >= 0.6 is 11.8 Å². The van der Waals surface area contributed by atoms with E-state index in [4.69, 9.17) is 4.74 Å². The lowest BCUT2D eigenvalue weighted by Crippen LogP contribution is -2.24. The number of hydrogen-bond donors (Lipinski definition) is 1. The van der Waals surface area contributed by atoms with Crippen LogP contribution in [-0.4, -0.2) is 12.9 Å². The smallest absolute Gasteiger partial charge is 0.123 e. The molecule has 1 heterocycles. The van der Waals surface area contributed by atoms with E-state index in [-0.39, 0.29) is 11.9 Å². The van der Waals surface area contributed by atoms with Crippen molar-refractivity contribution >= 4 is 11.8 Å². The van der Waals surface area contributed by atoms with E-state index in [1.807, 2.05) is 24.3 Å². The van der Waals surface area contributed by atoms with Crippen LogP contribution in [0, 0.1) is 5.82 Å². The Kier molecular flexibility index (Phi) is 4.46. The molecule has 0 spiro atoms. The maximum Gasteiger partial charge on any atom is 0.123 e. The normalized spacial score (nSPS) is 17.3. The monoisotopic (exact) mass is 303 g/mol. The number of benzene rings is 2. The van der Waals surface area contributed by atoms with Crippen LogP contribution in [-0.2, 0) is 6.54 Å². The van der Waals surface area contributed by atoms with Gasteiger partial charge in [-0.15, -0.1) is 11.8 Å². The van der Waals surface area contributed by atoms with Gasteiger partial charge in [-0.2, -0.15) is 0 Å². The summed E-state index contributed by atoms with van der Waals surface area (Å²) < 4.78 is 18.7. The molecule has 0 aromatic heterocycles. The van der Waals surface area contributed by atoms with Crippen molar-refractivity contribution in [1.82, 2.24) is 5.32 Å². The number of nitrogens with one attached hydrogen (secondary N) is 1. The summed E-state index contributed by atoms with van der Waals surface area (Å²) in [6.45, 7) is 0.752. The maximum absolute atomic E-state index is 13.5. The van der Waals surface area contributed by atoms with Crippen molar-refractivity contribution in [3.05, 3.63) is 59.4 Å². The molecule has 2 aromatic carbocycles. The fourth-order valence-corrected chi connectivity index (χ4v) is 3.71. The highest BCUT2D eigenvalue weighted by molar-refractivity contribution is 7.99. The van der Waals surface area contributed by atoms with Gasteiger partial charge < -0.3 is 10.1 Å². The zero-order valence-corrected chi connectivity index (χ0v) is 12.8. The SMILES string of the molecule is COc1cccc(CNC2CCSc3ccc(F)cc32)c1. The first-order valence-electron chi connectivity index (χ1n) is 7.05. The topological polar surface area (TPSA) is 21.3 Å². The molecule has 3 rings (SSSR count). The molecule has 1 atom stereocenters. The van der Waals surface area contributed by atoms with Gasteiger partial charge in [0.2, 0.25) is 0 Å². The van der Waals surface area contributed by atoms with Gasteiger partial charge in [0.15, 0.2) is 0 Å². The molecule has 1 aliphatic heterocycles. The van der Waals surface area contributed by atoms with Gasteiger partial charge in [-0.1, -0.05) is 12.1 Å². The van der Waals surface area contributed by atoms with Gasteiger partial charge in [0.05, 0.1) is 7.11 Å². The average molecular weight is 303 g/mol. The zero-order valence-electron chi connectivity index (χ0n) is 11.9. The number of hydrogen-bond acceptors (Lipinski definition) is 3. The summed E-state index contributed by atoms with van der Waals surface area (Å²) in [5, 5.41) is 3.54.